The van der Waals surface area contributed by atoms with Crippen LogP contribution in [0.1, 0.15) is 49.3 Å². The smallest absolute Gasteiger partial charge is 0.198 e. The number of aromatic nitrogens is 3. The summed E-state index contributed by atoms with van der Waals surface area (Å²) in [5, 5.41) is 12.2. The number of nitrogens with zero attached hydrogens (tertiary/aromatic N) is 5. The van der Waals surface area contributed by atoms with Crippen molar-refractivity contribution in [3.05, 3.63) is 41.5 Å². The van der Waals surface area contributed by atoms with Crippen LogP contribution in [-0.4, -0.2) is 40.9 Å². The van der Waals surface area contributed by atoms with Crippen LogP contribution in [0.5, 0.6) is 0 Å². The number of rotatable bonds is 2. The highest BCUT2D eigenvalue weighted by molar-refractivity contribution is 14.0. The number of halogens is 1. The van der Waals surface area contributed by atoms with E-state index in [0.29, 0.717) is 11.3 Å². The van der Waals surface area contributed by atoms with Crippen LogP contribution in [-0.2, 0) is 18.4 Å². The molecule has 1 saturated carbocycles. The largest absolute Gasteiger partial charge is 0.356 e. The standard InChI is InChI=1S/C22H30N6.HI/c1-16-25-26-20-10-9-17(14-27(16)20)13-24-21(23-2)28-15-22(11-5-6-12-22)18-7-3-4-8-19(18)28;/h3-4,7-8,17H,5-6,9-15H2,1-2H3,(H,23,24);1H. The van der Waals surface area contributed by atoms with Crippen molar-refractivity contribution in [2.45, 2.75) is 57.4 Å². The number of benzene rings is 1. The lowest BCUT2D eigenvalue weighted by Gasteiger charge is -2.29. The number of nitrogens with one attached hydrogen (secondary N) is 1. The Bertz CT molecular complexity index is 898. The summed E-state index contributed by atoms with van der Waals surface area (Å²) in [7, 11) is 1.91. The van der Waals surface area contributed by atoms with Crippen LogP contribution in [0.25, 0.3) is 0 Å². The Hall–Kier alpha value is -1.64. The highest BCUT2D eigenvalue weighted by Crippen LogP contribution is 2.50. The predicted octanol–water partition coefficient (Wildman–Crippen LogP) is 3.67. The second-order valence-electron chi connectivity index (χ2n) is 8.70. The predicted molar refractivity (Wildman–Crippen MR) is 127 cm³/mol. The number of hydrogen-bond donors (Lipinski definition) is 1. The lowest BCUT2D eigenvalue weighted by molar-refractivity contribution is 0.359. The molecular formula is C22H31IN6. The molecule has 1 atom stereocenters. The van der Waals surface area contributed by atoms with Gasteiger partial charge in [-0.15, -0.1) is 34.2 Å². The highest BCUT2D eigenvalue weighted by atomic mass is 127. The van der Waals surface area contributed by atoms with Crippen molar-refractivity contribution >= 4 is 35.6 Å². The Morgan fingerprint density at radius 2 is 2.03 bits per heavy atom. The molecule has 7 heteroatoms. The molecule has 0 bridgehead atoms. The van der Waals surface area contributed by atoms with Crippen molar-refractivity contribution in [1.29, 1.82) is 0 Å². The number of para-hydroxylation sites is 1. The van der Waals surface area contributed by atoms with Crippen LogP contribution in [0.3, 0.4) is 0 Å². The molecule has 2 aliphatic heterocycles. The summed E-state index contributed by atoms with van der Waals surface area (Å²) in [6.45, 7) is 5.05. The number of guanidine groups is 1. The van der Waals surface area contributed by atoms with Gasteiger partial charge in [0, 0.05) is 44.2 Å². The summed E-state index contributed by atoms with van der Waals surface area (Å²) in [5.74, 6) is 3.76. The monoisotopic (exact) mass is 506 g/mol. The van der Waals surface area contributed by atoms with Gasteiger partial charge in [0.1, 0.15) is 11.6 Å². The maximum absolute atomic E-state index is 4.66. The minimum Gasteiger partial charge on any atom is -0.356 e. The van der Waals surface area contributed by atoms with Gasteiger partial charge in [-0.3, -0.25) is 4.99 Å². The van der Waals surface area contributed by atoms with E-state index in [9.17, 15) is 0 Å². The molecule has 0 saturated heterocycles. The molecule has 1 aromatic carbocycles. The van der Waals surface area contributed by atoms with E-state index in [2.05, 4.69) is 54.2 Å². The van der Waals surface area contributed by atoms with E-state index in [1.807, 2.05) is 14.0 Å². The van der Waals surface area contributed by atoms with Crippen molar-refractivity contribution in [1.82, 2.24) is 20.1 Å². The Morgan fingerprint density at radius 3 is 2.83 bits per heavy atom. The Labute approximate surface area is 190 Å². The summed E-state index contributed by atoms with van der Waals surface area (Å²) in [5.41, 5.74) is 3.20. The van der Waals surface area contributed by atoms with Crippen LogP contribution in [0.4, 0.5) is 5.69 Å². The van der Waals surface area contributed by atoms with Gasteiger partial charge in [-0.1, -0.05) is 31.0 Å². The lowest BCUT2D eigenvalue weighted by Crippen LogP contribution is -2.45. The second-order valence-corrected chi connectivity index (χ2v) is 8.70. The van der Waals surface area contributed by atoms with E-state index in [0.717, 1.165) is 50.1 Å². The Morgan fingerprint density at radius 1 is 1.24 bits per heavy atom. The number of aryl methyl sites for hydroxylation is 2. The number of anilines is 1. The van der Waals surface area contributed by atoms with E-state index in [-0.39, 0.29) is 24.0 Å². The molecule has 2 aromatic rings. The molecule has 0 radical (unpaired) electrons. The first-order valence-electron chi connectivity index (χ1n) is 10.7. The summed E-state index contributed by atoms with van der Waals surface area (Å²) in [6, 6.07) is 8.96. The van der Waals surface area contributed by atoms with Crippen LogP contribution in [0.15, 0.2) is 29.3 Å². The van der Waals surface area contributed by atoms with Gasteiger partial charge in [0.25, 0.3) is 0 Å². The molecule has 5 rings (SSSR count). The molecule has 3 heterocycles. The van der Waals surface area contributed by atoms with E-state index < -0.39 is 0 Å². The van der Waals surface area contributed by atoms with E-state index in [4.69, 9.17) is 0 Å². The molecule has 1 N–H and O–H groups in total. The SMILES string of the molecule is CN=C(NCC1CCc2nnc(C)n2C1)N1CC2(CCCC2)c2ccccc21.I. The summed E-state index contributed by atoms with van der Waals surface area (Å²) >= 11 is 0. The maximum atomic E-state index is 4.66. The molecule has 29 heavy (non-hydrogen) atoms. The van der Waals surface area contributed by atoms with E-state index in [1.165, 1.54) is 36.9 Å². The minimum atomic E-state index is 0. The van der Waals surface area contributed by atoms with Gasteiger partial charge in [0.15, 0.2) is 5.96 Å². The molecule has 1 aliphatic carbocycles. The first kappa shape index (κ1) is 20.6. The fourth-order valence-electron chi connectivity index (χ4n) is 5.53. The average Bonchev–Trinajstić information content (AvgIpc) is 3.43. The van der Waals surface area contributed by atoms with E-state index in [1.54, 1.807) is 0 Å². The van der Waals surface area contributed by atoms with Crippen LogP contribution >= 0.6 is 24.0 Å². The topological polar surface area (TPSA) is 58.3 Å². The van der Waals surface area contributed by atoms with Crippen molar-refractivity contribution in [3.8, 4) is 0 Å². The van der Waals surface area contributed by atoms with Gasteiger partial charge in [0.05, 0.1) is 0 Å². The van der Waals surface area contributed by atoms with Gasteiger partial charge < -0.3 is 14.8 Å². The zero-order valence-electron chi connectivity index (χ0n) is 17.4. The van der Waals surface area contributed by atoms with Crippen molar-refractivity contribution in [2.24, 2.45) is 10.9 Å². The lowest BCUT2D eigenvalue weighted by atomic mass is 9.81. The molecule has 156 valence electrons. The highest BCUT2D eigenvalue weighted by Gasteiger charge is 2.45. The van der Waals surface area contributed by atoms with Gasteiger partial charge in [-0.25, -0.2) is 0 Å². The molecule has 1 spiro atoms. The Balaban J connectivity index is 0.00000205. The molecule has 1 unspecified atom stereocenters. The summed E-state index contributed by atoms with van der Waals surface area (Å²) in [6.07, 6.45) is 7.46. The molecular weight excluding hydrogens is 475 g/mol. The molecule has 3 aliphatic rings. The third-order valence-electron chi connectivity index (χ3n) is 7.03. The minimum absolute atomic E-state index is 0. The molecule has 1 aromatic heterocycles. The first-order chi connectivity index (χ1) is 13.7. The molecule has 6 nitrogen and oxygen atoms in total. The molecule has 1 fully saturated rings. The van der Waals surface area contributed by atoms with Gasteiger partial charge >= 0.3 is 0 Å². The fraction of sp³-hybridized carbons (Fsp3) is 0.591. The number of aliphatic imine (C=N–C) groups is 1. The second kappa shape index (κ2) is 8.24. The summed E-state index contributed by atoms with van der Waals surface area (Å²) < 4.78 is 2.28. The zero-order valence-corrected chi connectivity index (χ0v) is 19.7. The van der Waals surface area contributed by atoms with Crippen LogP contribution in [0.2, 0.25) is 0 Å². The van der Waals surface area contributed by atoms with Crippen molar-refractivity contribution < 1.29 is 0 Å². The summed E-state index contributed by atoms with van der Waals surface area (Å²) in [4.78, 5) is 7.09. The van der Waals surface area contributed by atoms with Crippen molar-refractivity contribution in [3.63, 3.8) is 0 Å². The van der Waals surface area contributed by atoms with Gasteiger partial charge in [0.2, 0.25) is 0 Å². The van der Waals surface area contributed by atoms with Gasteiger partial charge in [-0.2, -0.15) is 0 Å². The van der Waals surface area contributed by atoms with Crippen molar-refractivity contribution in [2.75, 3.05) is 25.0 Å². The Kier molecular flexibility index (Phi) is 5.86. The zero-order chi connectivity index (χ0) is 19.1. The number of fused-ring (bicyclic) bond motifs is 3. The normalized spacial score (nSPS) is 22.3. The number of hydrogen-bond acceptors (Lipinski definition) is 3. The van der Waals surface area contributed by atoms with Crippen LogP contribution < -0.4 is 10.2 Å². The van der Waals surface area contributed by atoms with Gasteiger partial charge in [-0.05, 0) is 43.7 Å². The van der Waals surface area contributed by atoms with Crippen LogP contribution in [0, 0.1) is 12.8 Å². The molecule has 0 amide bonds. The quantitative estimate of drug-likeness (QED) is 0.384. The average molecular weight is 506 g/mol. The fourth-order valence-corrected chi connectivity index (χ4v) is 5.53. The maximum Gasteiger partial charge on any atom is 0.198 e. The third-order valence-corrected chi connectivity index (χ3v) is 7.03. The third kappa shape index (κ3) is 3.55. The first-order valence-corrected chi connectivity index (χ1v) is 10.7. The van der Waals surface area contributed by atoms with E-state index >= 15 is 0 Å².